The van der Waals surface area contributed by atoms with E-state index in [1.54, 1.807) is 0 Å². The highest BCUT2D eigenvalue weighted by Crippen LogP contribution is 2.44. The Morgan fingerprint density at radius 3 is 2.72 bits per heavy atom. The molecule has 3 rings (SSSR count). The second-order valence-electron chi connectivity index (χ2n) is 4.30. The summed E-state index contributed by atoms with van der Waals surface area (Å²) >= 11 is 12.2. The molecule has 1 atom stereocenters. The highest BCUT2D eigenvalue weighted by Gasteiger charge is 2.26. The van der Waals surface area contributed by atoms with Gasteiger partial charge in [0.25, 0.3) is 0 Å². The van der Waals surface area contributed by atoms with Gasteiger partial charge in [0, 0.05) is 16.6 Å². The molecular formula is C14H11Cl2NO. The van der Waals surface area contributed by atoms with Crippen LogP contribution in [-0.2, 0) is 0 Å². The van der Waals surface area contributed by atoms with Gasteiger partial charge in [-0.25, -0.2) is 0 Å². The molecule has 1 aliphatic heterocycles. The number of aliphatic hydroxyl groups excluding tert-OH is 1. The van der Waals surface area contributed by atoms with Gasteiger partial charge in [0.2, 0.25) is 0 Å². The van der Waals surface area contributed by atoms with E-state index in [0.29, 0.717) is 10.0 Å². The molecule has 0 aliphatic carbocycles. The third-order valence-corrected chi connectivity index (χ3v) is 3.80. The van der Waals surface area contributed by atoms with Gasteiger partial charge < -0.3 is 10.4 Å². The van der Waals surface area contributed by atoms with E-state index in [9.17, 15) is 5.11 Å². The Balaban J connectivity index is 2.21. The molecule has 0 fully saturated rings. The number of fused-ring (bicyclic) bond motifs is 2. The van der Waals surface area contributed by atoms with Crippen molar-refractivity contribution >= 4 is 34.6 Å². The molecule has 1 heterocycles. The second kappa shape index (κ2) is 4.47. The van der Waals surface area contributed by atoms with Crippen molar-refractivity contribution in [2.75, 3.05) is 11.9 Å². The summed E-state index contributed by atoms with van der Waals surface area (Å²) in [6.45, 7) is 0.0453. The van der Waals surface area contributed by atoms with E-state index in [2.05, 4.69) is 5.32 Å². The quantitative estimate of drug-likeness (QED) is 0.821. The maximum absolute atomic E-state index is 9.64. The molecule has 0 saturated heterocycles. The fourth-order valence-electron chi connectivity index (χ4n) is 2.40. The van der Waals surface area contributed by atoms with Crippen molar-refractivity contribution in [2.24, 2.45) is 0 Å². The van der Waals surface area contributed by atoms with Crippen molar-refractivity contribution in [1.29, 1.82) is 0 Å². The van der Waals surface area contributed by atoms with Gasteiger partial charge in [0.15, 0.2) is 0 Å². The van der Waals surface area contributed by atoms with Crippen molar-refractivity contribution < 1.29 is 5.11 Å². The van der Waals surface area contributed by atoms with Crippen molar-refractivity contribution in [3.8, 4) is 0 Å². The van der Waals surface area contributed by atoms with Crippen LogP contribution in [0.5, 0.6) is 0 Å². The molecule has 1 unspecified atom stereocenters. The molecule has 0 amide bonds. The number of hydrogen-bond acceptors (Lipinski definition) is 2. The van der Waals surface area contributed by atoms with Crippen LogP contribution in [0.25, 0.3) is 0 Å². The average Bonchev–Trinajstić information content (AvgIpc) is 2.37. The SMILES string of the molecule is OCC1c2ccc(Cl)cc2Nc2c(Cl)cccc21. The summed E-state index contributed by atoms with van der Waals surface area (Å²) in [5.41, 5.74) is 3.81. The van der Waals surface area contributed by atoms with Crippen LogP contribution in [-0.4, -0.2) is 11.7 Å². The van der Waals surface area contributed by atoms with Crippen LogP contribution >= 0.6 is 23.2 Å². The lowest BCUT2D eigenvalue weighted by molar-refractivity contribution is 0.280. The lowest BCUT2D eigenvalue weighted by Gasteiger charge is -2.29. The first-order valence-electron chi connectivity index (χ1n) is 5.66. The van der Waals surface area contributed by atoms with Crippen molar-refractivity contribution in [1.82, 2.24) is 0 Å². The largest absolute Gasteiger partial charge is 0.395 e. The number of nitrogens with one attached hydrogen (secondary N) is 1. The lowest BCUT2D eigenvalue weighted by atomic mass is 9.86. The average molecular weight is 280 g/mol. The van der Waals surface area contributed by atoms with Crippen molar-refractivity contribution in [3.63, 3.8) is 0 Å². The monoisotopic (exact) mass is 279 g/mol. The maximum Gasteiger partial charge on any atom is 0.0644 e. The van der Waals surface area contributed by atoms with Crippen molar-refractivity contribution in [3.05, 3.63) is 57.6 Å². The molecule has 0 spiro atoms. The Kier molecular flexibility index (Phi) is 2.94. The first-order chi connectivity index (χ1) is 8.70. The van der Waals surface area contributed by atoms with Gasteiger partial charge in [-0.05, 0) is 29.3 Å². The molecule has 0 radical (unpaired) electrons. The van der Waals surface area contributed by atoms with E-state index in [1.165, 1.54) is 0 Å². The van der Waals surface area contributed by atoms with Gasteiger partial charge in [-0.1, -0.05) is 41.4 Å². The fourth-order valence-corrected chi connectivity index (χ4v) is 2.80. The Labute approximate surface area is 115 Å². The molecule has 2 aromatic rings. The zero-order valence-corrected chi connectivity index (χ0v) is 11.0. The van der Waals surface area contributed by atoms with Gasteiger partial charge in [0.05, 0.1) is 17.3 Å². The predicted molar refractivity (Wildman–Crippen MR) is 75.1 cm³/mol. The number of halogens is 2. The smallest absolute Gasteiger partial charge is 0.0644 e. The van der Waals surface area contributed by atoms with E-state index in [0.717, 1.165) is 22.5 Å². The van der Waals surface area contributed by atoms with Crippen LogP contribution in [0.1, 0.15) is 17.0 Å². The summed E-state index contributed by atoms with van der Waals surface area (Å²) < 4.78 is 0. The Morgan fingerprint density at radius 1 is 1.11 bits per heavy atom. The third-order valence-electron chi connectivity index (χ3n) is 3.25. The highest BCUT2D eigenvalue weighted by atomic mass is 35.5. The van der Waals surface area contributed by atoms with Gasteiger partial charge in [-0.15, -0.1) is 0 Å². The van der Waals surface area contributed by atoms with Gasteiger partial charge >= 0.3 is 0 Å². The van der Waals surface area contributed by atoms with E-state index in [1.807, 2.05) is 36.4 Å². The van der Waals surface area contributed by atoms with Gasteiger partial charge in [-0.2, -0.15) is 0 Å². The Hall–Kier alpha value is -1.22. The van der Waals surface area contributed by atoms with Crippen LogP contribution in [0.3, 0.4) is 0 Å². The summed E-state index contributed by atoms with van der Waals surface area (Å²) in [6, 6.07) is 11.3. The first kappa shape index (κ1) is 11.8. The normalized spacial score (nSPS) is 16.7. The molecule has 0 bridgehead atoms. The molecule has 4 heteroatoms. The van der Waals surface area contributed by atoms with Crippen LogP contribution in [0.15, 0.2) is 36.4 Å². The van der Waals surface area contributed by atoms with E-state index in [4.69, 9.17) is 23.2 Å². The minimum atomic E-state index is -0.0628. The minimum Gasteiger partial charge on any atom is -0.395 e. The lowest BCUT2D eigenvalue weighted by Crippen LogP contribution is -2.16. The number of anilines is 2. The maximum atomic E-state index is 9.64. The second-order valence-corrected chi connectivity index (χ2v) is 5.14. The van der Waals surface area contributed by atoms with E-state index < -0.39 is 0 Å². The minimum absolute atomic E-state index is 0.0453. The molecule has 1 aliphatic rings. The third kappa shape index (κ3) is 1.77. The fraction of sp³-hybridized carbons (Fsp3) is 0.143. The number of para-hydroxylation sites is 1. The molecular weight excluding hydrogens is 269 g/mol. The number of benzene rings is 2. The Morgan fingerprint density at radius 2 is 1.94 bits per heavy atom. The molecule has 2 N–H and O–H groups in total. The number of rotatable bonds is 1. The van der Waals surface area contributed by atoms with Gasteiger partial charge in [0.1, 0.15) is 0 Å². The first-order valence-corrected chi connectivity index (χ1v) is 6.42. The summed E-state index contributed by atoms with van der Waals surface area (Å²) in [5.74, 6) is -0.0628. The molecule has 0 aromatic heterocycles. The summed E-state index contributed by atoms with van der Waals surface area (Å²) in [4.78, 5) is 0. The molecule has 2 nitrogen and oxygen atoms in total. The molecule has 18 heavy (non-hydrogen) atoms. The zero-order chi connectivity index (χ0) is 12.7. The summed E-state index contributed by atoms with van der Waals surface area (Å²) in [5, 5.41) is 14.2. The van der Waals surface area contributed by atoms with Crippen LogP contribution in [0, 0.1) is 0 Å². The highest BCUT2D eigenvalue weighted by molar-refractivity contribution is 6.33. The standard InChI is InChI=1S/C14H11Cl2NO/c15-8-4-5-9-11(7-18)10-2-1-3-12(16)14(10)17-13(9)6-8/h1-6,11,17-18H,7H2. The van der Waals surface area contributed by atoms with Crippen LogP contribution in [0.2, 0.25) is 10.0 Å². The van der Waals surface area contributed by atoms with Crippen LogP contribution in [0.4, 0.5) is 11.4 Å². The topological polar surface area (TPSA) is 32.3 Å². The Bertz CT molecular complexity index is 613. The van der Waals surface area contributed by atoms with E-state index in [-0.39, 0.29) is 12.5 Å². The number of hydrogen-bond donors (Lipinski definition) is 2. The predicted octanol–water partition coefficient (Wildman–Crippen LogP) is 4.17. The molecule has 2 aromatic carbocycles. The summed E-state index contributed by atoms with van der Waals surface area (Å²) in [7, 11) is 0. The summed E-state index contributed by atoms with van der Waals surface area (Å²) in [6.07, 6.45) is 0. The van der Waals surface area contributed by atoms with Crippen molar-refractivity contribution in [2.45, 2.75) is 5.92 Å². The molecule has 0 saturated carbocycles. The van der Waals surface area contributed by atoms with E-state index >= 15 is 0 Å². The van der Waals surface area contributed by atoms with Gasteiger partial charge in [-0.3, -0.25) is 0 Å². The molecule has 92 valence electrons. The van der Waals surface area contributed by atoms with Crippen LogP contribution < -0.4 is 5.32 Å². The number of aliphatic hydroxyl groups is 1. The zero-order valence-electron chi connectivity index (χ0n) is 9.45.